The Morgan fingerprint density at radius 1 is 1.38 bits per heavy atom. The number of aliphatic carboxylic acids is 1. The van der Waals surface area contributed by atoms with Crippen molar-refractivity contribution in [1.29, 1.82) is 0 Å². The van der Waals surface area contributed by atoms with Gasteiger partial charge in [0.15, 0.2) is 0 Å². The van der Waals surface area contributed by atoms with Gasteiger partial charge in [0, 0.05) is 12.5 Å². The van der Waals surface area contributed by atoms with Gasteiger partial charge in [-0.05, 0) is 24.1 Å². The van der Waals surface area contributed by atoms with Gasteiger partial charge >= 0.3 is 5.97 Å². The van der Waals surface area contributed by atoms with Crippen molar-refractivity contribution < 1.29 is 19.7 Å². The zero-order valence-corrected chi connectivity index (χ0v) is 8.80. The van der Waals surface area contributed by atoms with Crippen molar-refractivity contribution in [3.8, 4) is 5.75 Å². The maximum absolute atomic E-state index is 11.3. The monoisotopic (exact) mass is 222 g/mol. The summed E-state index contributed by atoms with van der Waals surface area (Å²) < 4.78 is 5.22. The third-order valence-corrected chi connectivity index (χ3v) is 2.95. The SMILES string of the molecule is O=C(O)C(c1ccc(O)cc1)C1CCOC1. The van der Waals surface area contributed by atoms with Crippen LogP contribution in [-0.2, 0) is 9.53 Å². The largest absolute Gasteiger partial charge is 0.508 e. The summed E-state index contributed by atoms with van der Waals surface area (Å²) in [6, 6.07) is 6.35. The molecule has 0 aromatic heterocycles. The number of carbonyl (C=O) groups is 1. The highest BCUT2D eigenvalue weighted by atomic mass is 16.5. The zero-order chi connectivity index (χ0) is 11.5. The fourth-order valence-corrected chi connectivity index (χ4v) is 2.11. The molecule has 0 amide bonds. The molecule has 0 radical (unpaired) electrons. The van der Waals surface area contributed by atoms with E-state index >= 15 is 0 Å². The lowest BCUT2D eigenvalue weighted by atomic mass is 9.85. The third-order valence-electron chi connectivity index (χ3n) is 2.95. The molecule has 2 unspecified atom stereocenters. The van der Waals surface area contributed by atoms with Crippen molar-refractivity contribution in [3.05, 3.63) is 29.8 Å². The summed E-state index contributed by atoms with van der Waals surface area (Å²) in [5.41, 5.74) is 0.723. The van der Waals surface area contributed by atoms with E-state index in [2.05, 4.69) is 0 Å². The second kappa shape index (κ2) is 4.53. The maximum Gasteiger partial charge on any atom is 0.311 e. The lowest BCUT2D eigenvalue weighted by Gasteiger charge is -2.18. The number of ether oxygens (including phenoxy) is 1. The average molecular weight is 222 g/mol. The average Bonchev–Trinajstić information content (AvgIpc) is 2.74. The molecule has 2 N–H and O–H groups in total. The van der Waals surface area contributed by atoms with Crippen molar-refractivity contribution >= 4 is 5.97 Å². The Hall–Kier alpha value is -1.55. The lowest BCUT2D eigenvalue weighted by molar-refractivity contribution is -0.140. The topological polar surface area (TPSA) is 66.8 Å². The highest BCUT2D eigenvalue weighted by Gasteiger charge is 2.32. The number of benzene rings is 1. The molecule has 1 aliphatic heterocycles. The van der Waals surface area contributed by atoms with Gasteiger partial charge in [0.2, 0.25) is 0 Å². The summed E-state index contributed by atoms with van der Waals surface area (Å²) in [6.07, 6.45) is 0.776. The summed E-state index contributed by atoms with van der Waals surface area (Å²) in [6.45, 7) is 1.13. The van der Waals surface area contributed by atoms with Crippen molar-refractivity contribution in [3.63, 3.8) is 0 Å². The van der Waals surface area contributed by atoms with E-state index in [0.29, 0.717) is 13.2 Å². The number of rotatable bonds is 3. The zero-order valence-electron chi connectivity index (χ0n) is 8.80. The number of aromatic hydroxyl groups is 1. The van der Waals surface area contributed by atoms with Crippen LogP contribution in [0.3, 0.4) is 0 Å². The van der Waals surface area contributed by atoms with Gasteiger partial charge < -0.3 is 14.9 Å². The molecule has 4 nitrogen and oxygen atoms in total. The summed E-state index contributed by atoms with van der Waals surface area (Å²) in [5, 5.41) is 18.4. The smallest absolute Gasteiger partial charge is 0.311 e. The van der Waals surface area contributed by atoms with Gasteiger partial charge in [0.05, 0.1) is 12.5 Å². The predicted molar refractivity (Wildman–Crippen MR) is 57.4 cm³/mol. The van der Waals surface area contributed by atoms with Crippen LogP contribution in [0.4, 0.5) is 0 Å². The van der Waals surface area contributed by atoms with Crippen LogP contribution in [0.15, 0.2) is 24.3 Å². The molecule has 1 fully saturated rings. The number of phenolic OH excluding ortho intramolecular Hbond substituents is 1. The Kier molecular flexibility index (Phi) is 3.10. The Balaban J connectivity index is 2.24. The molecular weight excluding hydrogens is 208 g/mol. The normalized spacial score (nSPS) is 21.9. The van der Waals surface area contributed by atoms with Gasteiger partial charge in [0.1, 0.15) is 5.75 Å². The van der Waals surface area contributed by atoms with Gasteiger partial charge in [-0.2, -0.15) is 0 Å². The molecule has 0 aliphatic carbocycles. The summed E-state index contributed by atoms with van der Waals surface area (Å²) in [7, 11) is 0. The molecule has 16 heavy (non-hydrogen) atoms. The van der Waals surface area contributed by atoms with Crippen molar-refractivity contribution in [1.82, 2.24) is 0 Å². The lowest BCUT2D eigenvalue weighted by Crippen LogP contribution is -2.21. The minimum Gasteiger partial charge on any atom is -0.508 e. The van der Waals surface area contributed by atoms with Gasteiger partial charge in [-0.15, -0.1) is 0 Å². The quantitative estimate of drug-likeness (QED) is 0.815. The molecule has 4 heteroatoms. The second-order valence-corrected chi connectivity index (χ2v) is 4.03. The van der Waals surface area contributed by atoms with E-state index in [4.69, 9.17) is 4.74 Å². The van der Waals surface area contributed by atoms with Gasteiger partial charge in [-0.3, -0.25) is 4.79 Å². The first-order chi connectivity index (χ1) is 7.68. The minimum absolute atomic E-state index is 0.0297. The molecule has 1 aromatic carbocycles. The molecule has 2 rings (SSSR count). The fourth-order valence-electron chi connectivity index (χ4n) is 2.11. The van der Waals surface area contributed by atoms with Gasteiger partial charge in [0.25, 0.3) is 0 Å². The molecule has 0 spiro atoms. The van der Waals surface area contributed by atoms with Crippen molar-refractivity contribution in [2.45, 2.75) is 12.3 Å². The number of hydrogen-bond acceptors (Lipinski definition) is 3. The minimum atomic E-state index is -0.832. The van der Waals surface area contributed by atoms with Gasteiger partial charge in [-0.25, -0.2) is 0 Å². The Labute approximate surface area is 93.5 Å². The molecule has 1 aliphatic rings. The van der Waals surface area contributed by atoms with Crippen LogP contribution in [0.2, 0.25) is 0 Å². The summed E-state index contributed by atoms with van der Waals surface area (Å²) >= 11 is 0. The molecule has 86 valence electrons. The van der Waals surface area contributed by atoms with Crippen LogP contribution >= 0.6 is 0 Å². The predicted octanol–water partition coefficient (Wildman–Crippen LogP) is 1.60. The first-order valence-corrected chi connectivity index (χ1v) is 5.28. The standard InChI is InChI=1S/C12H14O4/c13-10-3-1-8(2-4-10)11(12(14)15)9-5-6-16-7-9/h1-4,9,11,13H,5-7H2,(H,14,15). The van der Waals surface area contributed by atoms with Crippen LogP contribution in [0.1, 0.15) is 17.9 Å². The maximum atomic E-state index is 11.3. The van der Waals surface area contributed by atoms with E-state index in [1.807, 2.05) is 0 Å². The van der Waals surface area contributed by atoms with Crippen molar-refractivity contribution in [2.75, 3.05) is 13.2 Å². The highest BCUT2D eigenvalue weighted by Crippen LogP contribution is 2.31. The number of phenols is 1. The van der Waals surface area contributed by atoms with E-state index in [9.17, 15) is 15.0 Å². The van der Waals surface area contributed by atoms with Crippen LogP contribution < -0.4 is 0 Å². The molecule has 1 saturated heterocycles. The molecule has 0 saturated carbocycles. The van der Waals surface area contributed by atoms with E-state index in [1.54, 1.807) is 12.1 Å². The Morgan fingerprint density at radius 2 is 2.06 bits per heavy atom. The summed E-state index contributed by atoms with van der Waals surface area (Å²) in [4.78, 5) is 11.3. The Bertz CT molecular complexity index is 365. The third kappa shape index (κ3) is 2.17. The molecule has 1 aromatic rings. The molecular formula is C12H14O4. The fraction of sp³-hybridized carbons (Fsp3) is 0.417. The Morgan fingerprint density at radius 3 is 2.56 bits per heavy atom. The van der Waals surface area contributed by atoms with Crippen molar-refractivity contribution in [2.24, 2.45) is 5.92 Å². The molecule has 0 bridgehead atoms. The van der Waals surface area contributed by atoms with E-state index in [-0.39, 0.29) is 11.7 Å². The molecule has 1 heterocycles. The summed E-state index contributed by atoms with van der Waals surface area (Å²) in [5.74, 6) is -1.19. The van der Waals surface area contributed by atoms with Crippen LogP contribution in [0.5, 0.6) is 5.75 Å². The van der Waals surface area contributed by atoms with E-state index in [1.165, 1.54) is 12.1 Å². The first-order valence-electron chi connectivity index (χ1n) is 5.28. The van der Waals surface area contributed by atoms with Gasteiger partial charge in [-0.1, -0.05) is 12.1 Å². The van der Waals surface area contributed by atoms with Crippen LogP contribution in [0, 0.1) is 5.92 Å². The number of hydrogen-bond donors (Lipinski definition) is 2. The number of carboxylic acids is 1. The van der Waals surface area contributed by atoms with E-state index in [0.717, 1.165) is 12.0 Å². The highest BCUT2D eigenvalue weighted by molar-refractivity contribution is 5.76. The van der Waals surface area contributed by atoms with Crippen LogP contribution in [0.25, 0.3) is 0 Å². The number of carboxylic acid groups (broad SMARTS) is 1. The van der Waals surface area contributed by atoms with Crippen LogP contribution in [-0.4, -0.2) is 29.4 Å². The molecule has 2 atom stereocenters. The second-order valence-electron chi connectivity index (χ2n) is 4.03. The van der Waals surface area contributed by atoms with E-state index < -0.39 is 11.9 Å². The first kappa shape index (κ1) is 11.0.